The van der Waals surface area contributed by atoms with Crippen molar-refractivity contribution in [3.05, 3.63) is 65.5 Å². The van der Waals surface area contributed by atoms with Gasteiger partial charge in [0.1, 0.15) is 0 Å². The Morgan fingerprint density at radius 1 is 1.14 bits per heavy atom. The molecule has 1 aromatic carbocycles. The van der Waals surface area contributed by atoms with E-state index in [4.69, 9.17) is 0 Å². The standard InChI is InChI=1S/C24H29N3O/c28-23(26-20-7-8-20)14-19-15-24(22-6-2-1-5-21(19)22)9-12-27(13-10-24)17-18-4-3-11-25-16-18/h1-6,11,16,19-20H,7-10,12-15,17H2,(H,26,28). The molecule has 5 rings (SSSR count). The number of hydrogen-bond acceptors (Lipinski definition) is 3. The molecule has 1 unspecified atom stereocenters. The molecule has 3 aliphatic rings. The van der Waals surface area contributed by atoms with E-state index in [1.165, 1.54) is 29.5 Å². The van der Waals surface area contributed by atoms with Crippen LogP contribution in [-0.2, 0) is 16.8 Å². The number of carbonyl (C=O) groups excluding carboxylic acids is 1. The van der Waals surface area contributed by atoms with Crippen LogP contribution in [0, 0.1) is 0 Å². The Kier molecular flexibility index (Phi) is 4.67. The van der Waals surface area contributed by atoms with Gasteiger partial charge in [-0.2, -0.15) is 0 Å². The van der Waals surface area contributed by atoms with Crippen molar-refractivity contribution in [3.63, 3.8) is 0 Å². The van der Waals surface area contributed by atoms with Crippen LogP contribution in [0.1, 0.15) is 61.1 Å². The highest BCUT2D eigenvalue weighted by atomic mass is 16.1. The van der Waals surface area contributed by atoms with E-state index in [0.717, 1.165) is 38.9 Å². The zero-order valence-corrected chi connectivity index (χ0v) is 16.4. The first-order valence-electron chi connectivity index (χ1n) is 10.7. The van der Waals surface area contributed by atoms with Crippen LogP contribution in [0.25, 0.3) is 0 Å². The second kappa shape index (κ2) is 7.32. The van der Waals surface area contributed by atoms with Gasteiger partial charge in [-0.15, -0.1) is 0 Å². The van der Waals surface area contributed by atoms with Crippen LogP contribution in [0.3, 0.4) is 0 Å². The SMILES string of the molecule is O=C(CC1CC2(CCN(Cc3cccnc3)CC2)c2ccccc21)NC1CC1. The third kappa shape index (κ3) is 3.58. The van der Waals surface area contributed by atoms with E-state index in [1.807, 2.05) is 18.5 Å². The predicted octanol–water partition coefficient (Wildman–Crippen LogP) is 3.77. The summed E-state index contributed by atoms with van der Waals surface area (Å²) in [5.41, 5.74) is 4.49. The van der Waals surface area contributed by atoms with Crippen LogP contribution in [-0.4, -0.2) is 34.9 Å². The third-order valence-corrected chi connectivity index (χ3v) is 6.93. The fourth-order valence-corrected chi connectivity index (χ4v) is 5.31. The Bertz CT molecular complexity index is 838. The maximum atomic E-state index is 12.5. The van der Waals surface area contributed by atoms with Gasteiger partial charge in [0.05, 0.1) is 0 Å². The average Bonchev–Trinajstić information content (AvgIpc) is 3.48. The molecule has 1 aromatic heterocycles. The van der Waals surface area contributed by atoms with Gasteiger partial charge in [0.2, 0.25) is 5.91 Å². The molecule has 1 saturated carbocycles. The van der Waals surface area contributed by atoms with Gasteiger partial charge in [0.25, 0.3) is 0 Å². The average molecular weight is 376 g/mol. The summed E-state index contributed by atoms with van der Waals surface area (Å²) in [6, 6.07) is 13.5. The Morgan fingerprint density at radius 2 is 1.96 bits per heavy atom. The Labute approximate surface area is 167 Å². The number of likely N-dealkylation sites (tertiary alicyclic amines) is 1. The summed E-state index contributed by atoms with van der Waals surface area (Å²) in [4.78, 5) is 19.3. The summed E-state index contributed by atoms with van der Waals surface area (Å²) >= 11 is 0. The lowest BCUT2D eigenvalue weighted by Gasteiger charge is -2.40. The Balaban J connectivity index is 1.28. The van der Waals surface area contributed by atoms with Crippen LogP contribution >= 0.6 is 0 Å². The lowest BCUT2D eigenvalue weighted by Crippen LogP contribution is -2.41. The van der Waals surface area contributed by atoms with E-state index in [0.29, 0.717) is 18.4 Å². The smallest absolute Gasteiger partial charge is 0.220 e. The maximum absolute atomic E-state index is 12.5. The molecule has 1 saturated heterocycles. The van der Waals surface area contributed by atoms with E-state index in [9.17, 15) is 4.79 Å². The van der Waals surface area contributed by atoms with E-state index < -0.39 is 0 Å². The Hall–Kier alpha value is -2.20. The molecule has 2 heterocycles. The fraction of sp³-hybridized carbons (Fsp3) is 0.500. The van der Waals surface area contributed by atoms with Gasteiger partial charge in [-0.1, -0.05) is 30.3 Å². The molecule has 2 aliphatic carbocycles. The zero-order valence-electron chi connectivity index (χ0n) is 16.4. The minimum absolute atomic E-state index is 0.244. The molecule has 2 fully saturated rings. The molecule has 146 valence electrons. The molecule has 1 aliphatic heterocycles. The van der Waals surface area contributed by atoms with E-state index in [1.54, 1.807) is 0 Å². The van der Waals surface area contributed by atoms with Crippen molar-refractivity contribution in [2.45, 2.75) is 62.4 Å². The van der Waals surface area contributed by atoms with Crippen molar-refractivity contribution in [1.29, 1.82) is 0 Å². The Morgan fingerprint density at radius 3 is 2.71 bits per heavy atom. The van der Waals surface area contributed by atoms with Gasteiger partial charge < -0.3 is 5.32 Å². The number of fused-ring (bicyclic) bond motifs is 2. The molecule has 1 N–H and O–H groups in total. The van der Waals surface area contributed by atoms with Crippen molar-refractivity contribution >= 4 is 5.91 Å². The quantitative estimate of drug-likeness (QED) is 0.865. The first kappa shape index (κ1) is 17.9. The van der Waals surface area contributed by atoms with Gasteiger partial charge in [0, 0.05) is 31.4 Å². The molecule has 0 bridgehead atoms. The molecule has 4 heteroatoms. The van der Waals surface area contributed by atoms with E-state index in [-0.39, 0.29) is 11.3 Å². The monoisotopic (exact) mass is 375 g/mol. The first-order valence-corrected chi connectivity index (χ1v) is 10.7. The molecule has 0 radical (unpaired) electrons. The highest BCUT2D eigenvalue weighted by Crippen LogP contribution is 2.52. The largest absolute Gasteiger partial charge is 0.353 e. The summed E-state index contributed by atoms with van der Waals surface area (Å²) in [5, 5.41) is 3.18. The van der Waals surface area contributed by atoms with Gasteiger partial charge in [0.15, 0.2) is 0 Å². The van der Waals surface area contributed by atoms with Crippen LogP contribution in [0.5, 0.6) is 0 Å². The fourth-order valence-electron chi connectivity index (χ4n) is 5.31. The summed E-state index contributed by atoms with van der Waals surface area (Å²) in [5.74, 6) is 0.619. The predicted molar refractivity (Wildman–Crippen MR) is 110 cm³/mol. The summed E-state index contributed by atoms with van der Waals surface area (Å²) in [7, 11) is 0. The number of nitrogens with one attached hydrogen (secondary N) is 1. The van der Waals surface area contributed by atoms with Crippen molar-refractivity contribution in [3.8, 4) is 0 Å². The van der Waals surface area contributed by atoms with E-state index in [2.05, 4.69) is 45.5 Å². The summed E-state index contributed by atoms with van der Waals surface area (Å²) in [6.45, 7) is 3.22. The topological polar surface area (TPSA) is 45.2 Å². The second-order valence-electron chi connectivity index (χ2n) is 8.95. The number of rotatable bonds is 5. The van der Waals surface area contributed by atoms with Gasteiger partial charge in [-0.3, -0.25) is 14.7 Å². The van der Waals surface area contributed by atoms with Gasteiger partial charge in [-0.05, 0) is 79.3 Å². The van der Waals surface area contributed by atoms with Crippen molar-refractivity contribution in [1.82, 2.24) is 15.2 Å². The number of pyridine rings is 1. The number of nitrogens with zero attached hydrogens (tertiary/aromatic N) is 2. The summed E-state index contributed by atoms with van der Waals surface area (Å²) < 4.78 is 0. The molecule has 4 nitrogen and oxygen atoms in total. The third-order valence-electron chi connectivity index (χ3n) is 6.93. The molecule has 1 atom stereocenters. The first-order chi connectivity index (χ1) is 13.7. The van der Waals surface area contributed by atoms with E-state index >= 15 is 0 Å². The minimum Gasteiger partial charge on any atom is -0.353 e. The lowest BCUT2D eigenvalue weighted by molar-refractivity contribution is -0.121. The molecule has 28 heavy (non-hydrogen) atoms. The van der Waals surface area contributed by atoms with Gasteiger partial charge in [-0.25, -0.2) is 0 Å². The zero-order chi connectivity index (χ0) is 19.0. The molecular formula is C24H29N3O. The van der Waals surface area contributed by atoms with Crippen molar-refractivity contribution in [2.75, 3.05) is 13.1 Å². The molecule has 1 amide bonds. The second-order valence-corrected chi connectivity index (χ2v) is 8.95. The molecule has 1 spiro atoms. The number of amides is 1. The number of benzene rings is 1. The number of carbonyl (C=O) groups is 1. The van der Waals surface area contributed by atoms with Crippen LogP contribution in [0.4, 0.5) is 0 Å². The lowest BCUT2D eigenvalue weighted by atomic mass is 9.73. The highest BCUT2D eigenvalue weighted by Gasteiger charge is 2.45. The van der Waals surface area contributed by atoms with Gasteiger partial charge >= 0.3 is 0 Å². The van der Waals surface area contributed by atoms with Crippen molar-refractivity contribution in [2.24, 2.45) is 0 Å². The van der Waals surface area contributed by atoms with Crippen LogP contribution in [0.15, 0.2) is 48.8 Å². The normalized spacial score (nSPS) is 23.5. The van der Waals surface area contributed by atoms with Crippen LogP contribution < -0.4 is 5.32 Å². The number of piperidine rings is 1. The maximum Gasteiger partial charge on any atom is 0.220 e. The molecular weight excluding hydrogens is 346 g/mol. The van der Waals surface area contributed by atoms with Crippen LogP contribution in [0.2, 0.25) is 0 Å². The number of hydrogen-bond donors (Lipinski definition) is 1. The minimum atomic E-state index is 0.244. The molecule has 2 aromatic rings. The number of aromatic nitrogens is 1. The summed E-state index contributed by atoms with van der Waals surface area (Å²) in [6.07, 6.45) is 10.3. The highest BCUT2D eigenvalue weighted by molar-refractivity contribution is 5.78. The van der Waals surface area contributed by atoms with Crippen molar-refractivity contribution < 1.29 is 4.79 Å².